The second-order valence-electron chi connectivity index (χ2n) is 4.44. The first-order chi connectivity index (χ1) is 8.53. The Hall–Kier alpha value is -0.860. The highest BCUT2D eigenvalue weighted by Gasteiger charge is 2.29. The molecule has 0 spiro atoms. The van der Waals surface area contributed by atoms with Gasteiger partial charge in [0.1, 0.15) is 6.61 Å². The second-order valence-corrected chi connectivity index (χ2v) is 6.69. The number of rotatable bonds is 4. The molecule has 2 saturated heterocycles. The van der Waals surface area contributed by atoms with Gasteiger partial charge in [0.2, 0.25) is 10.0 Å². The first-order valence-corrected chi connectivity index (χ1v) is 7.75. The van der Waals surface area contributed by atoms with Crippen LogP contribution in [0.5, 0.6) is 0 Å². The van der Waals surface area contributed by atoms with Crippen molar-refractivity contribution in [3.05, 3.63) is 0 Å². The third kappa shape index (κ3) is 2.93. The Morgan fingerprint density at radius 3 is 2.33 bits per heavy atom. The third-order valence-corrected chi connectivity index (χ3v) is 5.19. The van der Waals surface area contributed by atoms with Gasteiger partial charge in [-0.2, -0.15) is 4.31 Å². The molecule has 2 aliphatic rings. The number of piperazine rings is 1. The Bertz CT molecular complexity index is 403. The Morgan fingerprint density at radius 1 is 1.17 bits per heavy atom. The van der Waals surface area contributed by atoms with Crippen LogP contribution < -0.4 is 0 Å². The Kier molecular flexibility index (Phi) is 4.08. The molecule has 0 aliphatic carbocycles. The molecule has 2 rings (SSSR count). The molecule has 2 fully saturated rings. The van der Waals surface area contributed by atoms with Crippen molar-refractivity contribution in [2.75, 3.05) is 51.8 Å². The summed E-state index contributed by atoms with van der Waals surface area (Å²) in [7, 11) is -3.08. The number of cyclic esters (lactones) is 1. The maximum absolute atomic E-state index is 11.7. The minimum atomic E-state index is -3.08. The van der Waals surface area contributed by atoms with E-state index < -0.39 is 10.0 Å². The lowest BCUT2D eigenvalue weighted by molar-refractivity contribution is 0.110. The minimum Gasteiger partial charge on any atom is -0.447 e. The fraction of sp³-hybridized carbons (Fsp3) is 0.900. The van der Waals surface area contributed by atoms with Crippen LogP contribution in [0.25, 0.3) is 0 Å². The van der Waals surface area contributed by atoms with Crippen molar-refractivity contribution in [3.8, 4) is 0 Å². The molecule has 2 aliphatic heterocycles. The molecule has 8 heteroatoms. The topological polar surface area (TPSA) is 70.2 Å². The number of ether oxygens (including phenoxy) is 1. The first-order valence-electron chi connectivity index (χ1n) is 6.15. The van der Waals surface area contributed by atoms with E-state index >= 15 is 0 Å². The predicted molar refractivity (Wildman–Crippen MR) is 65.5 cm³/mol. The molecule has 0 aromatic carbocycles. The lowest BCUT2D eigenvalue weighted by Crippen LogP contribution is -2.51. The fourth-order valence-corrected chi connectivity index (χ4v) is 3.21. The van der Waals surface area contributed by atoms with Gasteiger partial charge in [-0.05, 0) is 6.92 Å². The van der Waals surface area contributed by atoms with Crippen molar-refractivity contribution >= 4 is 16.1 Å². The molecule has 0 bridgehead atoms. The van der Waals surface area contributed by atoms with Gasteiger partial charge in [0.05, 0.1) is 19.0 Å². The maximum atomic E-state index is 11.7. The van der Waals surface area contributed by atoms with E-state index in [9.17, 15) is 13.2 Å². The van der Waals surface area contributed by atoms with E-state index in [4.69, 9.17) is 4.74 Å². The molecular formula is C10H19N3O4S. The average molecular weight is 277 g/mol. The van der Waals surface area contributed by atoms with Crippen LogP contribution in [0.4, 0.5) is 4.79 Å². The zero-order valence-electron chi connectivity index (χ0n) is 10.5. The molecule has 18 heavy (non-hydrogen) atoms. The molecule has 0 unspecified atom stereocenters. The van der Waals surface area contributed by atoms with Gasteiger partial charge in [-0.15, -0.1) is 0 Å². The molecule has 0 atom stereocenters. The van der Waals surface area contributed by atoms with Gasteiger partial charge >= 0.3 is 6.09 Å². The zero-order valence-corrected chi connectivity index (χ0v) is 11.4. The summed E-state index contributed by atoms with van der Waals surface area (Å²) in [5.74, 6) is 0.144. The summed E-state index contributed by atoms with van der Waals surface area (Å²) in [6.45, 7) is 5.56. The van der Waals surface area contributed by atoms with Gasteiger partial charge in [0.15, 0.2) is 0 Å². The molecule has 2 heterocycles. The largest absolute Gasteiger partial charge is 0.447 e. The molecule has 0 saturated carbocycles. The van der Waals surface area contributed by atoms with Crippen LogP contribution in [0.2, 0.25) is 0 Å². The van der Waals surface area contributed by atoms with Crippen molar-refractivity contribution in [1.29, 1.82) is 0 Å². The van der Waals surface area contributed by atoms with Crippen molar-refractivity contribution in [2.24, 2.45) is 0 Å². The summed E-state index contributed by atoms with van der Waals surface area (Å²) in [5.41, 5.74) is 0. The van der Waals surface area contributed by atoms with Crippen LogP contribution in [0.3, 0.4) is 0 Å². The van der Waals surface area contributed by atoms with Gasteiger partial charge in [-0.3, -0.25) is 9.80 Å². The summed E-state index contributed by atoms with van der Waals surface area (Å²) in [6.07, 6.45) is -0.279. The van der Waals surface area contributed by atoms with Gasteiger partial charge in [-0.25, -0.2) is 13.2 Å². The van der Waals surface area contributed by atoms with E-state index in [1.165, 1.54) is 4.31 Å². The van der Waals surface area contributed by atoms with Crippen molar-refractivity contribution < 1.29 is 17.9 Å². The van der Waals surface area contributed by atoms with E-state index in [0.29, 0.717) is 46.0 Å². The lowest BCUT2D eigenvalue weighted by Gasteiger charge is -2.35. The zero-order chi connectivity index (χ0) is 13.2. The summed E-state index contributed by atoms with van der Waals surface area (Å²) < 4.78 is 29.7. The van der Waals surface area contributed by atoms with Crippen molar-refractivity contribution in [3.63, 3.8) is 0 Å². The van der Waals surface area contributed by atoms with Gasteiger partial charge in [0, 0.05) is 26.2 Å². The summed E-state index contributed by atoms with van der Waals surface area (Å²) in [4.78, 5) is 15.0. The average Bonchev–Trinajstić information content (AvgIpc) is 2.76. The van der Waals surface area contributed by atoms with Crippen LogP contribution >= 0.6 is 0 Å². The molecule has 0 aromatic rings. The van der Waals surface area contributed by atoms with Gasteiger partial charge in [-0.1, -0.05) is 0 Å². The van der Waals surface area contributed by atoms with Crippen LogP contribution in [0.15, 0.2) is 0 Å². The Labute approximate surface area is 107 Å². The lowest BCUT2D eigenvalue weighted by atomic mass is 10.4. The molecule has 0 N–H and O–H groups in total. The molecule has 0 radical (unpaired) electrons. The number of amides is 1. The Morgan fingerprint density at radius 2 is 1.83 bits per heavy atom. The summed E-state index contributed by atoms with van der Waals surface area (Å²) >= 11 is 0. The van der Waals surface area contributed by atoms with Crippen LogP contribution in [0, 0.1) is 0 Å². The number of hydrogen-bond acceptors (Lipinski definition) is 5. The highest BCUT2D eigenvalue weighted by Crippen LogP contribution is 2.10. The molecule has 0 aromatic heterocycles. The van der Waals surface area contributed by atoms with Crippen LogP contribution in [0.1, 0.15) is 6.92 Å². The highest BCUT2D eigenvalue weighted by molar-refractivity contribution is 7.89. The smallest absolute Gasteiger partial charge is 0.410 e. The minimum absolute atomic E-state index is 0.144. The number of sulfonamides is 1. The fourth-order valence-electron chi connectivity index (χ4n) is 2.13. The van der Waals surface area contributed by atoms with E-state index in [1.807, 2.05) is 0 Å². The van der Waals surface area contributed by atoms with Gasteiger partial charge in [0.25, 0.3) is 0 Å². The highest BCUT2D eigenvalue weighted by atomic mass is 32.2. The van der Waals surface area contributed by atoms with E-state index in [2.05, 4.69) is 4.90 Å². The second kappa shape index (κ2) is 5.41. The third-order valence-electron chi connectivity index (χ3n) is 3.31. The number of carbonyl (C=O) groups is 1. The predicted octanol–water partition coefficient (Wildman–Crippen LogP) is -0.637. The molecule has 7 nitrogen and oxygen atoms in total. The normalized spacial score (nSPS) is 23.4. The quantitative estimate of drug-likeness (QED) is 0.684. The molecule has 104 valence electrons. The Balaban J connectivity index is 1.82. The van der Waals surface area contributed by atoms with Crippen molar-refractivity contribution in [1.82, 2.24) is 14.1 Å². The number of hydrogen-bond donors (Lipinski definition) is 0. The maximum Gasteiger partial charge on any atom is 0.410 e. The van der Waals surface area contributed by atoms with E-state index in [-0.39, 0.29) is 11.8 Å². The monoisotopic (exact) mass is 277 g/mol. The first kappa shape index (κ1) is 13.6. The van der Waals surface area contributed by atoms with Crippen LogP contribution in [-0.4, -0.2) is 80.4 Å². The van der Waals surface area contributed by atoms with E-state index in [1.54, 1.807) is 11.8 Å². The summed E-state index contributed by atoms with van der Waals surface area (Å²) in [5, 5.41) is 0. The van der Waals surface area contributed by atoms with Crippen molar-refractivity contribution in [2.45, 2.75) is 6.92 Å². The van der Waals surface area contributed by atoms with Crippen LogP contribution in [-0.2, 0) is 14.8 Å². The summed E-state index contributed by atoms with van der Waals surface area (Å²) in [6, 6.07) is 0. The van der Waals surface area contributed by atoms with Gasteiger partial charge < -0.3 is 4.74 Å². The SMILES string of the molecule is CCS(=O)(=O)N1CCN(CN2CCOC2=O)CC1. The standard InChI is InChI=1S/C10H19N3O4S/c1-2-18(15,16)13-5-3-11(4-6-13)9-12-7-8-17-10(12)14/h2-9H2,1H3. The molecular weight excluding hydrogens is 258 g/mol. The number of nitrogens with zero attached hydrogens (tertiary/aromatic N) is 3. The molecule has 1 amide bonds. The number of carbonyl (C=O) groups excluding carboxylic acids is 1. The van der Waals surface area contributed by atoms with E-state index in [0.717, 1.165) is 0 Å².